The zero-order valence-electron chi connectivity index (χ0n) is 16.8. The van der Waals surface area contributed by atoms with E-state index >= 15 is 0 Å². The Hall–Kier alpha value is -3.37. The van der Waals surface area contributed by atoms with Gasteiger partial charge >= 0.3 is 11.7 Å². The zero-order chi connectivity index (χ0) is 21.9. The second-order valence-corrected chi connectivity index (χ2v) is 8.98. The van der Waals surface area contributed by atoms with Gasteiger partial charge in [0.1, 0.15) is 0 Å². The number of benzene rings is 2. The molecule has 0 saturated heterocycles. The monoisotopic (exact) mass is 429 g/mol. The van der Waals surface area contributed by atoms with Crippen LogP contribution in [0.4, 0.5) is 10.5 Å². The summed E-state index contributed by atoms with van der Waals surface area (Å²) in [5.74, 6) is 0. The van der Waals surface area contributed by atoms with Crippen LogP contribution in [0.1, 0.15) is 11.3 Å². The van der Waals surface area contributed by atoms with Gasteiger partial charge in [-0.15, -0.1) is 0 Å². The van der Waals surface area contributed by atoms with Crippen LogP contribution in [0.25, 0.3) is 5.69 Å². The number of aromatic amines is 1. The molecular weight excluding hydrogens is 406 g/mol. The van der Waals surface area contributed by atoms with Crippen molar-refractivity contribution in [3.63, 3.8) is 0 Å². The van der Waals surface area contributed by atoms with Crippen molar-refractivity contribution in [1.82, 2.24) is 19.2 Å². The Balaban J connectivity index is 1.69. The van der Waals surface area contributed by atoms with Gasteiger partial charge in [0.05, 0.1) is 16.3 Å². The fourth-order valence-corrected chi connectivity index (χ4v) is 3.77. The van der Waals surface area contributed by atoms with E-state index in [1.165, 1.54) is 30.8 Å². The molecule has 3 rings (SSSR count). The number of nitrogens with zero attached hydrogens (tertiary/aromatic N) is 2. The lowest BCUT2D eigenvalue weighted by molar-refractivity contribution is 0.251. The number of carbonyl (C=O) groups is 1. The Kier molecular flexibility index (Phi) is 6.09. The second kappa shape index (κ2) is 8.56. The Morgan fingerprint density at radius 2 is 1.77 bits per heavy atom. The summed E-state index contributed by atoms with van der Waals surface area (Å²) in [6.45, 7) is 1.99. The number of nitrogens with one attached hydrogen (secondary N) is 3. The number of carbonyl (C=O) groups excluding carboxylic acids is 1. The normalized spacial score (nSPS) is 11.5. The highest BCUT2D eigenvalue weighted by molar-refractivity contribution is 7.89. The van der Waals surface area contributed by atoms with Crippen LogP contribution in [0.5, 0.6) is 0 Å². The van der Waals surface area contributed by atoms with Crippen LogP contribution in [0.3, 0.4) is 0 Å². The fraction of sp³-hybridized carbons (Fsp3) is 0.200. The van der Waals surface area contributed by atoms with Gasteiger partial charge in [-0.3, -0.25) is 4.57 Å². The highest BCUT2D eigenvalue weighted by atomic mass is 32.2. The summed E-state index contributed by atoms with van der Waals surface area (Å²) in [4.78, 5) is 27.2. The molecule has 0 atom stereocenters. The molecule has 3 aromatic rings. The topological polar surface area (TPSA) is 116 Å². The molecule has 2 aromatic carbocycles. The average molecular weight is 430 g/mol. The van der Waals surface area contributed by atoms with Crippen molar-refractivity contribution >= 4 is 21.7 Å². The van der Waals surface area contributed by atoms with Crippen molar-refractivity contribution in [1.29, 1.82) is 0 Å². The van der Waals surface area contributed by atoms with E-state index in [0.29, 0.717) is 17.1 Å². The van der Waals surface area contributed by atoms with E-state index < -0.39 is 16.1 Å². The third kappa shape index (κ3) is 4.44. The van der Waals surface area contributed by atoms with Crippen molar-refractivity contribution in [3.05, 3.63) is 76.5 Å². The van der Waals surface area contributed by atoms with Crippen LogP contribution in [-0.4, -0.2) is 42.4 Å². The number of urea groups is 1. The molecule has 2 amide bonds. The highest BCUT2D eigenvalue weighted by Gasteiger charge is 2.16. The van der Waals surface area contributed by atoms with Gasteiger partial charge in [0.2, 0.25) is 10.0 Å². The molecule has 30 heavy (non-hydrogen) atoms. The molecule has 0 bridgehead atoms. The van der Waals surface area contributed by atoms with Crippen LogP contribution in [-0.2, 0) is 16.6 Å². The number of amides is 2. The quantitative estimate of drug-likeness (QED) is 0.556. The van der Waals surface area contributed by atoms with E-state index in [-0.39, 0.29) is 17.1 Å². The Labute approximate surface area is 174 Å². The number of H-pyrrole nitrogens is 1. The number of rotatable bonds is 6. The van der Waals surface area contributed by atoms with Gasteiger partial charge in [-0.1, -0.05) is 24.3 Å². The SMILES string of the molecule is Cc1c[nH]c(=O)n1-c1ccccc1NC(=O)NCc1ccc(S(=O)(=O)N(C)C)cc1. The number of sulfonamides is 1. The van der Waals surface area contributed by atoms with Crippen molar-refractivity contribution in [3.8, 4) is 5.69 Å². The highest BCUT2D eigenvalue weighted by Crippen LogP contribution is 2.20. The van der Waals surface area contributed by atoms with E-state index in [1.54, 1.807) is 49.5 Å². The molecule has 158 valence electrons. The molecule has 0 radical (unpaired) electrons. The van der Waals surface area contributed by atoms with E-state index in [0.717, 1.165) is 9.87 Å². The Morgan fingerprint density at radius 1 is 1.10 bits per heavy atom. The predicted octanol–water partition coefficient (Wildman–Crippen LogP) is 2.05. The molecule has 0 unspecified atom stereocenters. The van der Waals surface area contributed by atoms with Gasteiger partial charge in [0, 0.05) is 32.5 Å². The molecule has 0 aliphatic rings. The summed E-state index contributed by atoms with van der Waals surface area (Å²) in [7, 11) is -0.559. The van der Waals surface area contributed by atoms with Gasteiger partial charge < -0.3 is 15.6 Å². The van der Waals surface area contributed by atoms with E-state index in [4.69, 9.17) is 0 Å². The zero-order valence-corrected chi connectivity index (χ0v) is 17.7. The van der Waals surface area contributed by atoms with Crippen LogP contribution in [0, 0.1) is 6.92 Å². The minimum Gasteiger partial charge on any atom is -0.334 e. The van der Waals surface area contributed by atoms with E-state index in [9.17, 15) is 18.0 Å². The lowest BCUT2D eigenvalue weighted by atomic mass is 10.2. The number of imidazole rings is 1. The van der Waals surface area contributed by atoms with Crippen LogP contribution in [0.15, 0.2) is 64.4 Å². The van der Waals surface area contributed by atoms with Gasteiger partial charge in [-0.25, -0.2) is 22.3 Å². The molecule has 0 aliphatic carbocycles. The minimum atomic E-state index is -3.50. The molecular formula is C20H23N5O4S. The second-order valence-electron chi connectivity index (χ2n) is 6.83. The van der Waals surface area contributed by atoms with Crippen molar-refractivity contribution in [2.75, 3.05) is 19.4 Å². The molecule has 9 nitrogen and oxygen atoms in total. The molecule has 0 fully saturated rings. The number of para-hydroxylation sites is 2. The first-order valence-corrected chi connectivity index (χ1v) is 10.6. The summed E-state index contributed by atoms with van der Waals surface area (Å²) in [5, 5.41) is 5.47. The number of anilines is 1. The summed E-state index contributed by atoms with van der Waals surface area (Å²) in [6.07, 6.45) is 1.60. The maximum absolute atomic E-state index is 12.4. The van der Waals surface area contributed by atoms with Crippen LogP contribution < -0.4 is 16.3 Å². The lowest BCUT2D eigenvalue weighted by Gasteiger charge is -2.14. The number of hydrogen-bond donors (Lipinski definition) is 3. The minimum absolute atomic E-state index is 0.182. The standard InChI is InChI=1S/C20H23N5O4S/c1-14-12-22-20(27)25(14)18-7-5-4-6-17(18)23-19(26)21-13-15-8-10-16(11-9-15)30(28,29)24(2)3/h4-12H,13H2,1-3H3,(H,22,27)(H2,21,23,26). The lowest BCUT2D eigenvalue weighted by Crippen LogP contribution is -2.29. The summed E-state index contributed by atoms with van der Waals surface area (Å²) in [6, 6.07) is 12.8. The summed E-state index contributed by atoms with van der Waals surface area (Å²) >= 11 is 0. The summed E-state index contributed by atoms with van der Waals surface area (Å²) in [5.41, 5.74) is 2.19. The predicted molar refractivity (Wildman–Crippen MR) is 114 cm³/mol. The number of aryl methyl sites for hydroxylation is 1. The Morgan fingerprint density at radius 3 is 2.37 bits per heavy atom. The van der Waals surface area contributed by atoms with E-state index in [2.05, 4.69) is 15.6 Å². The third-order valence-electron chi connectivity index (χ3n) is 4.51. The van der Waals surface area contributed by atoms with Crippen LogP contribution in [0.2, 0.25) is 0 Å². The largest absolute Gasteiger partial charge is 0.334 e. The van der Waals surface area contributed by atoms with Gasteiger partial charge in [0.15, 0.2) is 0 Å². The summed E-state index contributed by atoms with van der Waals surface area (Å²) < 4.78 is 26.8. The maximum Gasteiger partial charge on any atom is 0.330 e. The molecule has 1 heterocycles. The average Bonchev–Trinajstić information content (AvgIpc) is 3.05. The van der Waals surface area contributed by atoms with Crippen molar-refractivity contribution in [2.45, 2.75) is 18.4 Å². The molecule has 1 aromatic heterocycles. The van der Waals surface area contributed by atoms with Gasteiger partial charge in [-0.05, 0) is 36.8 Å². The third-order valence-corrected chi connectivity index (χ3v) is 6.34. The smallest absolute Gasteiger partial charge is 0.330 e. The molecule has 3 N–H and O–H groups in total. The molecule has 10 heteroatoms. The van der Waals surface area contributed by atoms with E-state index in [1.807, 2.05) is 0 Å². The fourth-order valence-electron chi connectivity index (χ4n) is 2.87. The van der Waals surface area contributed by atoms with Crippen LogP contribution >= 0.6 is 0 Å². The molecule has 0 aliphatic heterocycles. The van der Waals surface area contributed by atoms with Gasteiger partial charge in [0.25, 0.3) is 0 Å². The first-order chi connectivity index (χ1) is 14.2. The van der Waals surface area contributed by atoms with Crippen molar-refractivity contribution in [2.24, 2.45) is 0 Å². The molecule has 0 spiro atoms. The maximum atomic E-state index is 12.4. The number of aromatic nitrogens is 2. The molecule has 0 saturated carbocycles. The Bertz CT molecular complexity index is 1210. The first-order valence-electron chi connectivity index (χ1n) is 9.13. The van der Waals surface area contributed by atoms with Gasteiger partial charge in [-0.2, -0.15) is 0 Å². The first kappa shape index (κ1) is 21.3. The van der Waals surface area contributed by atoms with Crippen molar-refractivity contribution < 1.29 is 13.2 Å². The number of hydrogen-bond acceptors (Lipinski definition) is 4.